The number of rotatable bonds is 30. The van der Waals surface area contributed by atoms with E-state index in [2.05, 4.69) is 67.7 Å². The second-order valence-corrected chi connectivity index (χ2v) is 15.6. The maximum absolute atomic E-state index is 12.6. The third-order valence-electron chi connectivity index (χ3n) is 7.59. The number of ether oxygens (including phenoxy) is 3. The van der Waals surface area contributed by atoms with Gasteiger partial charge in [0.1, 0.15) is 5.76 Å². The molecule has 1 aliphatic carbocycles. The van der Waals surface area contributed by atoms with E-state index in [1.807, 2.05) is 33.3 Å². The van der Waals surface area contributed by atoms with Crippen molar-refractivity contribution in [2.24, 2.45) is 0 Å². The monoisotopic (exact) mass is 796 g/mol. The quantitative estimate of drug-likeness (QED) is 0.0162. The zero-order valence-corrected chi connectivity index (χ0v) is 34.2. The van der Waals surface area contributed by atoms with Crippen LogP contribution in [-0.4, -0.2) is 108 Å². The maximum atomic E-state index is 12.6. The summed E-state index contributed by atoms with van der Waals surface area (Å²) in [5.41, 5.74) is 0. The van der Waals surface area contributed by atoms with Gasteiger partial charge in [0.2, 0.25) is 0 Å². The van der Waals surface area contributed by atoms with Crippen LogP contribution in [0.2, 0.25) is 0 Å². The molecule has 5 N–H and O–H groups in total. The van der Waals surface area contributed by atoms with Gasteiger partial charge >= 0.3 is 201 Å². The van der Waals surface area contributed by atoms with Crippen LogP contribution in [0.1, 0.15) is 84.0 Å². The summed E-state index contributed by atoms with van der Waals surface area (Å²) >= 11 is 0. The fourth-order valence-corrected chi connectivity index (χ4v) is 5.50. The molecule has 1 unspecified atom stereocenters. The number of likely N-dealkylation sites (N-methyl/N-ethyl adjacent to an activating group) is 1. The Morgan fingerprint density at radius 2 is 1.38 bits per heavy atom. The van der Waals surface area contributed by atoms with E-state index < -0.39 is 45.2 Å². The van der Waals surface area contributed by atoms with Crippen molar-refractivity contribution in [2.45, 2.75) is 102 Å². The molecule has 0 saturated heterocycles. The van der Waals surface area contributed by atoms with Crippen LogP contribution in [0.15, 0.2) is 96.6 Å². The topological polar surface area (TPSA) is 181 Å². The van der Waals surface area contributed by atoms with Gasteiger partial charge in [-0.25, -0.2) is 0 Å². The van der Waals surface area contributed by atoms with E-state index in [0.717, 1.165) is 38.5 Å². The average molecular weight is 797 g/mol. The molecule has 14 heteroatoms. The second-order valence-electron chi connectivity index (χ2n) is 13.9. The van der Waals surface area contributed by atoms with E-state index in [0.29, 0.717) is 17.4 Å². The Hall–Kier alpha value is -3.39. The summed E-state index contributed by atoms with van der Waals surface area (Å²) in [5, 5.41) is 29.5. The number of nitrogens with zero attached hydrogens (tertiary/aromatic N) is 1. The number of aliphatic hydroxyl groups excluding tert-OH is 3. The first-order valence-corrected chi connectivity index (χ1v) is 20.8. The van der Waals surface area contributed by atoms with Crippen molar-refractivity contribution < 1.29 is 62.4 Å². The van der Waals surface area contributed by atoms with Crippen molar-refractivity contribution in [3.63, 3.8) is 0 Å². The molecule has 13 nitrogen and oxygen atoms in total. The molecule has 0 aliphatic heterocycles. The van der Waals surface area contributed by atoms with Gasteiger partial charge in [-0.05, 0) is 38.2 Å². The minimum absolute atomic E-state index is 0.0346. The summed E-state index contributed by atoms with van der Waals surface area (Å²) in [5.74, 6) is -1.45. The molecule has 0 spiro atoms. The van der Waals surface area contributed by atoms with Gasteiger partial charge in [0.15, 0.2) is 0 Å². The molecule has 0 fully saturated rings. The molecule has 312 valence electrons. The number of hydrogen-bond acceptors (Lipinski definition) is 12. The average Bonchev–Trinajstić information content (AvgIpc) is 3.09. The van der Waals surface area contributed by atoms with Crippen molar-refractivity contribution in [2.75, 3.05) is 47.5 Å². The van der Waals surface area contributed by atoms with Crippen LogP contribution >= 0.6 is 8.17 Å². The van der Waals surface area contributed by atoms with Gasteiger partial charge in [-0.3, -0.25) is 0 Å². The normalized spacial score (nSPS) is 17.2. The first kappa shape index (κ1) is 49.6. The second kappa shape index (κ2) is 29.8. The number of allylic oxidation sites excluding steroid dienone is 13. The molecule has 0 aromatic carbocycles. The van der Waals surface area contributed by atoms with E-state index >= 15 is 0 Å². The first-order valence-electron chi connectivity index (χ1n) is 19.1. The summed E-state index contributed by atoms with van der Waals surface area (Å²) in [6.07, 6.45) is 30.7. The van der Waals surface area contributed by atoms with Crippen molar-refractivity contribution >= 4 is 20.1 Å². The molecular weight excluding hydrogens is 729 g/mol. The minimum atomic E-state index is -4.54. The number of quaternary nitrogens is 1. The summed E-state index contributed by atoms with van der Waals surface area (Å²) in [4.78, 5) is 45.4. The van der Waals surface area contributed by atoms with Crippen LogP contribution in [0.25, 0.3) is 0 Å². The zero-order valence-electron chi connectivity index (χ0n) is 33.2. The first-order chi connectivity index (χ1) is 26.2. The predicted octanol–water partition coefficient (Wildman–Crippen LogP) is 7.21. The van der Waals surface area contributed by atoms with Crippen LogP contribution in [-0.2, 0) is 32.8 Å². The summed E-state index contributed by atoms with van der Waals surface area (Å²) in [6, 6.07) is 0. The molecular formula is C41H67NO12P+. The molecule has 1 aliphatic rings. The van der Waals surface area contributed by atoms with Crippen molar-refractivity contribution in [1.82, 2.24) is 0 Å². The Morgan fingerprint density at radius 1 is 0.818 bits per heavy atom. The van der Waals surface area contributed by atoms with Crippen molar-refractivity contribution in [1.29, 1.82) is 0 Å². The fraction of sp³-hybridized carbons (Fsp3) is 0.561. The van der Waals surface area contributed by atoms with Crippen molar-refractivity contribution in [3.8, 4) is 0 Å². The van der Waals surface area contributed by atoms with Gasteiger partial charge in [0.25, 0.3) is 0 Å². The van der Waals surface area contributed by atoms with E-state index in [9.17, 15) is 34.7 Å². The van der Waals surface area contributed by atoms with Gasteiger partial charge in [0.05, 0.1) is 5.76 Å². The Bertz CT molecular complexity index is 1330. The van der Waals surface area contributed by atoms with Crippen LogP contribution in [0.3, 0.4) is 0 Å². The Balaban J connectivity index is 2.46. The van der Waals surface area contributed by atoms with E-state index in [1.54, 1.807) is 0 Å². The van der Waals surface area contributed by atoms with Crippen LogP contribution in [0.4, 0.5) is 0 Å². The standard InChI is InChI=1S/C41H66NO12P/c1-5-6-7-8-9-10-11-12-13-14-15-16-17-18-19-20-21-22-23-25-40(46)54-38(34-52-55(48,49)51-29-28-42(2,3)4)33-50-39(45)26-24-27-41(47)53-37-31-35(43)30-36(44)32-37/h6-7,9-10,12-13,15-16,18-19,21-22,30-31,37-39,45,48-49,55H,5,8,11,14,17,20,23-29,32-34H2,1-4H3,(H-,43,44)/p+1/b7-6-,10-9-,13-12-,16-15-,19-18-,22-21-/t37?,38-,39-/m1/s1. The summed E-state index contributed by atoms with van der Waals surface area (Å²) in [7, 11) is 1.23. The molecule has 3 atom stereocenters. The molecule has 55 heavy (non-hydrogen) atoms. The molecule has 0 saturated carbocycles. The number of esters is 2. The molecule has 0 aromatic rings. The zero-order chi connectivity index (χ0) is 40.8. The van der Waals surface area contributed by atoms with Crippen LogP contribution in [0, 0.1) is 0 Å². The predicted molar refractivity (Wildman–Crippen MR) is 217 cm³/mol. The van der Waals surface area contributed by atoms with E-state index in [4.69, 9.17) is 23.3 Å². The van der Waals surface area contributed by atoms with Gasteiger partial charge in [0, 0.05) is 12.5 Å². The Morgan fingerprint density at radius 3 is 1.93 bits per heavy atom. The molecule has 0 radical (unpaired) electrons. The molecule has 0 heterocycles. The third kappa shape index (κ3) is 30.5. The van der Waals surface area contributed by atoms with E-state index in [-0.39, 0.29) is 56.8 Å². The molecule has 1 rings (SSSR count). The molecule has 0 amide bonds. The number of carbonyl (C=O) groups is 2. The Labute approximate surface area is 328 Å². The molecule has 0 bridgehead atoms. The number of aliphatic hydroxyl groups is 3. The summed E-state index contributed by atoms with van der Waals surface area (Å²) in [6.45, 7) is 1.89. The van der Waals surface area contributed by atoms with Gasteiger partial charge in [-0.1, -0.05) is 55.5 Å². The van der Waals surface area contributed by atoms with Gasteiger partial charge in [-0.2, -0.15) is 0 Å². The number of carbonyl (C=O) groups excluding carboxylic acids is 2. The van der Waals surface area contributed by atoms with Crippen LogP contribution < -0.4 is 0 Å². The SMILES string of the molecule is CC/C=C\C/C=C\C/C=C\C/C=C\C/C=C\C/C=C\CCC(=O)O[C@H](CO[C@@H](O)CCCC(=O)OC1C=C(O)C=C(O)C1)CO[PH](O)(O)OCC[N+](C)(C)C. The van der Waals surface area contributed by atoms with Gasteiger partial charge in [-0.15, -0.1) is 0 Å². The van der Waals surface area contributed by atoms with Crippen molar-refractivity contribution in [3.05, 3.63) is 96.6 Å². The third-order valence-corrected chi connectivity index (χ3v) is 8.71. The van der Waals surface area contributed by atoms with Crippen LogP contribution in [0.5, 0.6) is 0 Å². The van der Waals surface area contributed by atoms with Gasteiger partial charge < -0.3 is 10.2 Å². The Kier molecular flexibility index (Phi) is 26.9. The fourth-order valence-electron chi connectivity index (χ4n) is 4.66. The number of hydrogen-bond donors (Lipinski definition) is 5. The molecule has 0 aromatic heterocycles. The summed E-state index contributed by atoms with van der Waals surface area (Å²) < 4.78 is 27.1. The van der Waals surface area contributed by atoms with E-state index in [1.165, 1.54) is 12.2 Å².